The first-order chi connectivity index (χ1) is 6.69. The summed E-state index contributed by atoms with van der Waals surface area (Å²) in [5, 5.41) is 0. The second kappa shape index (κ2) is 4.98. The Hall–Kier alpha value is -1.06. The molecular weight excluding hydrogens is 182 g/mol. The zero-order valence-corrected chi connectivity index (χ0v) is 8.78. The van der Waals surface area contributed by atoms with Gasteiger partial charge in [-0.25, -0.2) is 0 Å². The second-order valence-electron chi connectivity index (χ2n) is 3.41. The Balaban J connectivity index is 2.42. The fourth-order valence-electron chi connectivity index (χ4n) is 1.36. The maximum absolute atomic E-state index is 11.5. The Bertz CT molecular complexity index is 223. The van der Waals surface area contributed by atoms with E-state index in [9.17, 15) is 9.59 Å². The van der Waals surface area contributed by atoms with E-state index in [1.165, 1.54) is 0 Å². The molecule has 1 fully saturated rings. The number of nitrogens with zero attached hydrogens (tertiary/aromatic N) is 1. The number of hydrogen-bond acceptors (Lipinski definition) is 3. The molecule has 4 heteroatoms. The summed E-state index contributed by atoms with van der Waals surface area (Å²) in [5.41, 5.74) is 0. The van der Waals surface area contributed by atoms with Gasteiger partial charge in [-0.3, -0.25) is 9.59 Å². The van der Waals surface area contributed by atoms with Gasteiger partial charge in [-0.05, 0) is 19.8 Å². The Morgan fingerprint density at radius 3 is 2.43 bits per heavy atom. The molecule has 1 rings (SSSR count). The molecule has 0 aromatic rings. The van der Waals surface area contributed by atoms with Crippen molar-refractivity contribution < 1.29 is 14.3 Å². The van der Waals surface area contributed by atoms with Crippen LogP contribution in [0.25, 0.3) is 0 Å². The number of carbonyl (C=O) groups is 2. The van der Waals surface area contributed by atoms with E-state index in [0.717, 1.165) is 12.8 Å². The van der Waals surface area contributed by atoms with Crippen molar-refractivity contribution in [2.24, 2.45) is 0 Å². The predicted molar refractivity (Wildman–Crippen MR) is 51.7 cm³/mol. The van der Waals surface area contributed by atoms with Gasteiger partial charge in [0.1, 0.15) is 6.54 Å². The Morgan fingerprint density at radius 2 is 2.00 bits per heavy atom. The first-order valence-electron chi connectivity index (χ1n) is 5.14. The van der Waals surface area contributed by atoms with Crippen LogP contribution in [-0.4, -0.2) is 36.0 Å². The molecule has 0 atom stereocenters. The molecule has 0 aromatic heterocycles. The molecule has 0 saturated heterocycles. The summed E-state index contributed by atoms with van der Waals surface area (Å²) in [6.45, 7) is 4.06. The van der Waals surface area contributed by atoms with Crippen LogP contribution in [0.2, 0.25) is 0 Å². The zero-order chi connectivity index (χ0) is 10.6. The normalized spacial score (nSPS) is 15.0. The zero-order valence-electron chi connectivity index (χ0n) is 8.78. The van der Waals surface area contributed by atoms with E-state index < -0.39 is 0 Å². The van der Waals surface area contributed by atoms with Crippen molar-refractivity contribution in [1.29, 1.82) is 0 Å². The third-order valence-electron chi connectivity index (χ3n) is 2.22. The van der Waals surface area contributed by atoms with E-state index in [2.05, 4.69) is 0 Å². The summed E-state index contributed by atoms with van der Waals surface area (Å²) in [7, 11) is 0. The van der Waals surface area contributed by atoms with Crippen LogP contribution in [0.5, 0.6) is 0 Å². The Morgan fingerprint density at radius 1 is 1.36 bits per heavy atom. The molecule has 0 bridgehead atoms. The molecule has 4 nitrogen and oxygen atoms in total. The van der Waals surface area contributed by atoms with Crippen molar-refractivity contribution in [3.8, 4) is 0 Å². The number of rotatable bonds is 5. The van der Waals surface area contributed by atoms with E-state index >= 15 is 0 Å². The minimum absolute atomic E-state index is 0.0422. The van der Waals surface area contributed by atoms with Gasteiger partial charge in [0.05, 0.1) is 6.61 Å². The fraction of sp³-hybridized carbons (Fsp3) is 0.800. The van der Waals surface area contributed by atoms with Crippen LogP contribution in [0.1, 0.15) is 33.1 Å². The quantitative estimate of drug-likeness (QED) is 0.619. The van der Waals surface area contributed by atoms with Gasteiger partial charge >= 0.3 is 5.97 Å². The number of amides is 1. The lowest BCUT2D eigenvalue weighted by molar-refractivity contribution is -0.149. The lowest BCUT2D eigenvalue weighted by Crippen LogP contribution is -2.37. The average Bonchev–Trinajstić information content (AvgIpc) is 2.97. The van der Waals surface area contributed by atoms with Gasteiger partial charge in [-0.2, -0.15) is 0 Å². The van der Waals surface area contributed by atoms with E-state index in [4.69, 9.17) is 4.74 Å². The van der Waals surface area contributed by atoms with Crippen LogP contribution in [0.3, 0.4) is 0 Å². The molecule has 0 radical (unpaired) electrons. The average molecular weight is 199 g/mol. The minimum atomic E-state index is -0.304. The Labute approximate surface area is 84.2 Å². The predicted octanol–water partition coefficient (Wildman–Crippen LogP) is 0.950. The maximum atomic E-state index is 11.5. The molecule has 0 unspecified atom stereocenters. The van der Waals surface area contributed by atoms with E-state index in [1.54, 1.807) is 11.8 Å². The van der Waals surface area contributed by atoms with Crippen LogP contribution >= 0.6 is 0 Å². The monoisotopic (exact) mass is 199 g/mol. The molecule has 0 N–H and O–H groups in total. The lowest BCUT2D eigenvalue weighted by Gasteiger charge is -2.20. The first kappa shape index (κ1) is 11.0. The SMILES string of the molecule is CCOC(=O)CN(C(=O)CC)C1CC1. The smallest absolute Gasteiger partial charge is 0.325 e. The largest absolute Gasteiger partial charge is 0.465 e. The van der Waals surface area contributed by atoms with Crippen LogP contribution in [-0.2, 0) is 14.3 Å². The van der Waals surface area contributed by atoms with Crippen LogP contribution < -0.4 is 0 Å². The third-order valence-corrected chi connectivity index (χ3v) is 2.22. The van der Waals surface area contributed by atoms with Crippen LogP contribution in [0.4, 0.5) is 0 Å². The lowest BCUT2D eigenvalue weighted by atomic mass is 10.3. The number of hydrogen-bond donors (Lipinski definition) is 0. The van der Waals surface area contributed by atoms with E-state index in [-0.39, 0.29) is 24.5 Å². The van der Waals surface area contributed by atoms with Gasteiger partial charge in [0.15, 0.2) is 0 Å². The van der Waals surface area contributed by atoms with Gasteiger partial charge in [-0.15, -0.1) is 0 Å². The van der Waals surface area contributed by atoms with Gasteiger partial charge < -0.3 is 9.64 Å². The molecule has 0 aromatic carbocycles. The van der Waals surface area contributed by atoms with Crippen LogP contribution in [0.15, 0.2) is 0 Å². The Kier molecular flexibility index (Phi) is 3.92. The molecule has 1 amide bonds. The summed E-state index contributed by atoms with van der Waals surface area (Å²) in [6, 6.07) is 0.284. The number of ether oxygens (including phenoxy) is 1. The molecule has 14 heavy (non-hydrogen) atoms. The highest BCUT2D eigenvalue weighted by molar-refractivity contribution is 5.82. The van der Waals surface area contributed by atoms with Gasteiger partial charge in [0.2, 0.25) is 5.91 Å². The molecule has 0 spiro atoms. The summed E-state index contributed by atoms with van der Waals surface area (Å²) in [5.74, 6) is -0.262. The molecule has 0 heterocycles. The topological polar surface area (TPSA) is 46.6 Å². The van der Waals surface area contributed by atoms with Gasteiger partial charge in [0.25, 0.3) is 0 Å². The molecule has 80 valence electrons. The van der Waals surface area contributed by atoms with Gasteiger partial charge in [0, 0.05) is 12.5 Å². The van der Waals surface area contributed by atoms with Crippen LogP contribution in [0, 0.1) is 0 Å². The van der Waals surface area contributed by atoms with Crippen molar-refractivity contribution in [3.05, 3.63) is 0 Å². The van der Waals surface area contributed by atoms with Crippen molar-refractivity contribution in [2.45, 2.75) is 39.2 Å². The molecule has 0 aliphatic heterocycles. The van der Waals surface area contributed by atoms with Crippen molar-refractivity contribution >= 4 is 11.9 Å². The fourth-order valence-corrected chi connectivity index (χ4v) is 1.36. The number of esters is 1. The van der Waals surface area contributed by atoms with Gasteiger partial charge in [-0.1, -0.05) is 6.92 Å². The molecule has 1 saturated carbocycles. The van der Waals surface area contributed by atoms with Crippen molar-refractivity contribution in [2.75, 3.05) is 13.2 Å². The summed E-state index contributed by atoms with van der Waals surface area (Å²) in [4.78, 5) is 24.3. The van der Waals surface area contributed by atoms with E-state index in [0.29, 0.717) is 13.0 Å². The second-order valence-corrected chi connectivity index (χ2v) is 3.41. The molecule has 1 aliphatic rings. The highest BCUT2D eigenvalue weighted by atomic mass is 16.5. The molecule has 1 aliphatic carbocycles. The highest BCUT2D eigenvalue weighted by Crippen LogP contribution is 2.27. The summed E-state index contributed by atoms with van der Waals surface area (Å²) < 4.78 is 4.81. The standard InChI is InChI=1S/C10H17NO3/c1-3-9(12)11(8-5-6-8)7-10(13)14-4-2/h8H,3-7H2,1-2H3. The van der Waals surface area contributed by atoms with E-state index in [1.807, 2.05) is 6.92 Å². The minimum Gasteiger partial charge on any atom is -0.465 e. The first-order valence-corrected chi connectivity index (χ1v) is 5.14. The number of carbonyl (C=O) groups excluding carboxylic acids is 2. The van der Waals surface area contributed by atoms with Crippen molar-refractivity contribution in [3.63, 3.8) is 0 Å². The summed E-state index contributed by atoms with van der Waals surface area (Å²) >= 11 is 0. The highest BCUT2D eigenvalue weighted by Gasteiger charge is 2.33. The molecular formula is C10H17NO3. The third kappa shape index (κ3) is 3.01. The summed E-state index contributed by atoms with van der Waals surface area (Å²) in [6.07, 6.45) is 2.49. The van der Waals surface area contributed by atoms with Crippen molar-refractivity contribution in [1.82, 2.24) is 4.90 Å². The maximum Gasteiger partial charge on any atom is 0.325 e.